The van der Waals surface area contributed by atoms with E-state index in [1.54, 1.807) is 64.3 Å². The lowest BCUT2D eigenvalue weighted by molar-refractivity contribution is -0.157. The molecule has 2 fully saturated rings. The molecule has 1 aromatic heterocycles. The highest BCUT2D eigenvalue weighted by atomic mass is 35.5. The smallest absolute Gasteiger partial charge is 0.332 e. The Morgan fingerprint density at radius 2 is 1.84 bits per heavy atom. The van der Waals surface area contributed by atoms with E-state index in [1.165, 1.54) is 16.3 Å². The van der Waals surface area contributed by atoms with E-state index in [-0.39, 0.29) is 50.2 Å². The molecule has 2 aliphatic rings. The minimum atomic E-state index is -0.805. The Kier molecular flexibility index (Phi) is 8.74. The second-order valence-corrected chi connectivity index (χ2v) is 12.8. The molecule has 0 bridgehead atoms. The molecule has 3 heterocycles. The van der Waals surface area contributed by atoms with Crippen LogP contribution in [0, 0.1) is 0 Å². The summed E-state index contributed by atoms with van der Waals surface area (Å²) in [6.45, 7) is 0.619. The molecule has 4 amide bonds. The summed E-state index contributed by atoms with van der Waals surface area (Å²) in [5.41, 5.74) is 3.27. The van der Waals surface area contributed by atoms with Crippen molar-refractivity contribution in [3.63, 3.8) is 0 Å². The van der Waals surface area contributed by atoms with Crippen molar-refractivity contribution in [2.45, 2.75) is 31.7 Å². The quantitative estimate of drug-likeness (QED) is 0.252. The molecule has 45 heavy (non-hydrogen) atoms. The van der Waals surface area contributed by atoms with Gasteiger partial charge < -0.3 is 25.5 Å². The Labute approximate surface area is 273 Å². The average Bonchev–Trinajstić information content (AvgIpc) is 3.61. The number of hydrogen-bond acceptors (Lipinski definition) is 8. The molecule has 2 saturated heterocycles. The fourth-order valence-electron chi connectivity index (χ4n) is 5.81. The Morgan fingerprint density at radius 1 is 1.09 bits per heavy atom. The number of aromatic hydroxyl groups is 1. The number of phenols is 1. The number of hydrogen-bond donors (Lipinski definition) is 3. The first kappa shape index (κ1) is 30.9. The number of para-hydroxylation sites is 1. The van der Waals surface area contributed by atoms with Crippen LogP contribution in [0.3, 0.4) is 0 Å². The molecule has 6 rings (SSSR count). The first-order chi connectivity index (χ1) is 21.6. The Bertz CT molecular complexity index is 1770. The molecule has 234 valence electrons. The van der Waals surface area contributed by atoms with E-state index in [9.17, 15) is 19.5 Å². The number of carbonyl (C=O) groups is 3. The van der Waals surface area contributed by atoms with Crippen LogP contribution in [0.15, 0.2) is 60.7 Å². The van der Waals surface area contributed by atoms with E-state index in [4.69, 9.17) is 28.2 Å². The van der Waals surface area contributed by atoms with Gasteiger partial charge in [0.2, 0.25) is 11.8 Å². The van der Waals surface area contributed by atoms with Gasteiger partial charge in [0.05, 0.1) is 33.4 Å². The zero-order valence-corrected chi connectivity index (χ0v) is 26.9. The van der Waals surface area contributed by atoms with Crippen molar-refractivity contribution >= 4 is 67.7 Å². The molecule has 0 radical (unpaired) electrons. The monoisotopic (exact) mass is 667 g/mol. The third-order valence-electron chi connectivity index (χ3n) is 8.12. The van der Waals surface area contributed by atoms with Gasteiger partial charge >= 0.3 is 6.03 Å². The van der Waals surface area contributed by atoms with Crippen molar-refractivity contribution in [1.82, 2.24) is 30.1 Å². The Balaban J connectivity index is 1.27. The van der Waals surface area contributed by atoms with Crippen LogP contribution in [0.4, 0.5) is 9.93 Å². The molecule has 0 saturated carbocycles. The van der Waals surface area contributed by atoms with Crippen LogP contribution in [0.5, 0.6) is 5.75 Å². The third kappa shape index (κ3) is 6.23. The number of benzene rings is 3. The van der Waals surface area contributed by atoms with Gasteiger partial charge in [-0.15, -0.1) is 0 Å². The number of hydrazine groups is 1. The van der Waals surface area contributed by atoms with Crippen LogP contribution in [-0.4, -0.2) is 87.1 Å². The number of nitrogens with zero attached hydrogens (tertiary/aromatic N) is 5. The largest absolute Gasteiger partial charge is 0.508 e. The van der Waals surface area contributed by atoms with Crippen molar-refractivity contribution in [1.29, 1.82) is 0 Å². The fourth-order valence-corrected chi connectivity index (χ4v) is 7.00. The van der Waals surface area contributed by atoms with Crippen molar-refractivity contribution in [2.24, 2.45) is 0 Å². The standard InChI is InChI=1S/C31H31Cl2N7O4S/c1-34-30-36-28-20(4-3-5-25(28)45-30)15-38-16-26-39(37(2)31(44)35-14-19-8-11-22(32)23(33)12-19)17-27(42)40(26)24(29(38)43)13-18-6-9-21(41)10-7-18/h3-12,24,26,41H,13-17H2,1-2H3,(H,34,36)(H,35,44)/t24-,26+/m0/s1. The zero-order chi connectivity index (χ0) is 31.8. The van der Waals surface area contributed by atoms with Crippen molar-refractivity contribution in [2.75, 3.05) is 32.5 Å². The normalized spacial score (nSPS) is 18.4. The minimum Gasteiger partial charge on any atom is -0.508 e. The van der Waals surface area contributed by atoms with Crippen LogP contribution in [0.2, 0.25) is 10.0 Å². The summed E-state index contributed by atoms with van der Waals surface area (Å²) in [5, 5.41) is 20.4. The van der Waals surface area contributed by atoms with Crippen molar-refractivity contribution in [3.8, 4) is 5.75 Å². The predicted molar refractivity (Wildman–Crippen MR) is 174 cm³/mol. The predicted octanol–water partition coefficient (Wildman–Crippen LogP) is 4.53. The van der Waals surface area contributed by atoms with E-state index in [2.05, 4.69) is 10.6 Å². The van der Waals surface area contributed by atoms with Crippen LogP contribution in [0.1, 0.15) is 16.7 Å². The lowest BCUT2D eigenvalue weighted by Gasteiger charge is -2.45. The molecule has 11 nitrogen and oxygen atoms in total. The van der Waals surface area contributed by atoms with Gasteiger partial charge in [0.15, 0.2) is 5.13 Å². The lowest BCUT2D eigenvalue weighted by atomic mass is 9.99. The van der Waals surface area contributed by atoms with E-state index in [1.807, 2.05) is 25.2 Å². The molecule has 3 aromatic carbocycles. The maximum atomic E-state index is 14.1. The van der Waals surface area contributed by atoms with E-state index in [0.29, 0.717) is 10.0 Å². The SMILES string of the molecule is CNc1nc2c(CN3C[C@H]4N(C(=O)CN4N(C)C(=O)NCc4ccc(Cl)c(Cl)c4)[C@@H](Cc4ccc(O)cc4)C3=O)cccc2s1. The molecule has 2 aliphatic heterocycles. The number of halogens is 2. The summed E-state index contributed by atoms with van der Waals surface area (Å²) in [4.78, 5) is 49.0. The number of piperazine rings is 1. The number of anilines is 1. The summed E-state index contributed by atoms with van der Waals surface area (Å²) in [5.74, 6) is -0.328. The van der Waals surface area contributed by atoms with Gasteiger partial charge in [-0.25, -0.2) is 9.78 Å². The van der Waals surface area contributed by atoms with Gasteiger partial charge in [0.1, 0.15) is 18.0 Å². The summed E-state index contributed by atoms with van der Waals surface area (Å²) >= 11 is 13.7. The fraction of sp³-hybridized carbons (Fsp3) is 0.290. The molecular formula is C31H31Cl2N7O4S. The van der Waals surface area contributed by atoms with Gasteiger partial charge in [-0.3, -0.25) is 14.6 Å². The van der Waals surface area contributed by atoms with Gasteiger partial charge in [0, 0.05) is 33.6 Å². The first-order valence-corrected chi connectivity index (χ1v) is 15.9. The second kappa shape index (κ2) is 12.7. The summed E-state index contributed by atoms with van der Waals surface area (Å²) in [6.07, 6.45) is -0.329. The third-order valence-corrected chi connectivity index (χ3v) is 9.89. The molecule has 0 unspecified atom stereocenters. The van der Waals surface area contributed by atoms with Crippen molar-refractivity contribution in [3.05, 3.63) is 87.4 Å². The van der Waals surface area contributed by atoms with Crippen LogP contribution < -0.4 is 10.6 Å². The summed E-state index contributed by atoms with van der Waals surface area (Å²) < 4.78 is 1.000. The van der Waals surface area contributed by atoms with Gasteiger partial charge in [0.25, 0.3) is 0 Å². The maximum Gasteiger partial charge on any atom is 0.332 e. The first-order valence-electron chi connectivity index (χ1n) is 14.3. The highest BCUT2D eigenvalue weighted by molar-refractivity contribution is 7.22. The van der Waals surface area contributed by atoms with E-state index >= 15 is 0 Å². The van der Waals surface area contributed by atoms with Crippen LogP contribution >= 0.6 is 34.5 Å². The minimum absolute atomic E-state index is 0.0677. The number of urea groups is 1. The van der Waals surface area contributed by atoms with Gasteiger partial charge in [-0.1, -0.05) is 64.9 Å². The van der Waals surface area contributed by atoms with Crippen molar-refractivity contribution < 1.29 is 19.5 Å². The second-order valence-electron chi connectivity index (χ2n) is 10.9. The van der Waals surface area contributed by atoms with Crippen LogP contribution in [-0.2, 0) is 29.1 Å². The lowest BCUT2D eigenvalue weighted by Crippen LogP contribution is -2.65. The number of fused-ring (bicyclic) bond motifs is 2. The maximum absolute atomic E-state index is 14.1. The molecule has 14 heteroatoms. The molecule has 0 spiro atoms. The Hall–Kier alpha value is -4.10. The van der Waals surface area contributed by atoms with E-state index in [0.717, 1.165) is 32.0 Å². The summed E-state index contributed by atoms with van der Waals surface area (Å²) in [7, 11) is 3.42. The Morgan fingerprint density at radius 3 is 2.58 bits per heavy atom. The number of phenolic OH excluding ortho intramolecular Hbond substituents is 1. The molecule has 0 aliphatic carbocycles. The van der Waals surface area contributed by atoms with Gasteiger partial charge in [-0.05, 0) is 47.0 Å². The molecule has 3 N–H and O–H groups in total. The number of amides is 4. The molecular weight excluding hydrogens is 637 g/mol. The number of rotatable bonds is 8. The summed E-state index contributed by atoms with van der Waals surface area (Å²) in [6, 6.07) is 16.4. The van der Waals surface area contributed by atoms with Crippen LogP contribution in [0.25, 0.3) is 10.2 Å². The highest BCUT2D eigenvalue weighted by Crippen LogP contribution is 2.33. The van der Waals surface area contributed by atoms with E-state index < -0.39 is 18.2 Å². The highest BCUT2D eigenvalue weighted by Gasteiger charge is 2.51. The average molecular weight is 669 g/mol. The number of thiazole rings is 1. The van der Waals surface area contributed by atoms with Gasteiger partial charge in [-0.2, -0.15) is 5.01 Å². The molecule has 2 atom stereocenters. The number of carbonyl (C=O) groups excluding carboxylic acids is 3. The molecule has 4 aromatic rings. The zero-order valence-electron chi connectivity index (χ0n) is 24.5. The number of aromatic nitrogens is 1. The topological polar surface area (TPSA) is 121 Å². The number of nitrogens with one attached hydrogen (secondary N) is 2.